The molecule has 2 unspecified atom stereocenters. The van der Waals surface area contributed by atoms with Crippen LogP contribution in [0, 0.1) is 24.1 Å². The van der Waals surface area contributed by atoms with E-state index in [4.69, 9.17) is 15.4 Å². The number of hydrogen-bond acceptors (Lipinski definition) is 5. The first-order valence-corrected chi connectivity index (χ1v) is 8.43. The average molecular weight is 361 g/mol. The Balaban J connectivity index is 1.75. The minimum Gasteiger partial charge on any atom is -0.507 e. The summed E-state index contributed by atoms with van der Waals surface area (Å²) in [4.78, 5) is 1.74. The van der Waals surface area contributed by atoms with Crippen molar-refractivity contribution in [3.05, 3.63) is 41.4 Å². The van der Waals surface area contributed by atoms with Crippen molar-refractivity contribution in [2.75, 3.05) is 13.1 Å². The second-order valence-corrected chi connectivity index (χ2v) is 6.89. The number of aryl methyl sites for hydroxylation is 1. The van der Waals surface area contributed by atoms with Crippen LogP contribution in [-0.2, 0) is 6.54 Å². The summed E-state index contributed by atoms with van der Waals surface area (Å²) in [5.74, 6) is 0.455. The van der Waals surface area contributed by atoms with Crippen LogP contribution in [0.3, 0.4) is 0 Å². The molecule has 138 valence electrons. The number of alkyl halides is 1. The molecule has 1 fully saturated rings. The van der Waals surface area contributed by atoms with Gasteiger partial charge in [-0.3, -0.25) is 4.90 Å². The van der Waals surface area contributed by atoms with Crippen molar-refractivity contribution in [2.24, 2.45) is 5.73 Å². The van der Waals surface area contributed by atoms with Crippen LogP contribution in [0.25, 0.3) is 11.3 Å². The SMILES string of the molecule is Cc1ccc(-c2cc(F)c(CN3CCC(N)(CC#N)C(F)C3)cc2O)o1. The van der Waals surface area contributed by atoms with Gasteiger partial charge in [-0.25, -0.2) is 8.78 Å². The van der Waals surface area contributed by atoms with Gasteiger partial charge in [0, 0.05) is 25.2 Å². The number of benzene rings is 1. The van der Waals surface area contributed by atoms with Gasteiger partial charge < -0.3 is 15.3 Å². The molecule has 2 atom stereocenters. The molecule has 3 rings (SSSR count). The Kier molecular flexibility index (Phi) is 4.99. The third-order valence-electron chi connectivity index (χ3n) is 4.91. The van der Waals surface area contributed by atoms with E-state index in [9.17, 15) is 13.9 Å². The minimum atomic E-state index is -1.36. The van der Waals surface area contributed by atoms with Gasteiger partial charge in [-0.2, -0.15) is 5.26 Å². The van der Waals surface area contributed by atoms with Gasteiger partial charge in [0.05, 0.1) is 23.6 Å². The standard InChI is InChI=1S/C19H21F2N3O2/c1-12-2-3-17(26-12)14-9-15(20)13(8-16(14)25)10-24-7-5-19(23,4-6-22)18(21)11-24/h2-3,8-9,18,25H,4-5,7,10-11,23H2,1H3. The largest absolute Gasteiger partial charge is 0.507 e. The molecule has 1 aliphatic heterocycles. The van der Waals surface area contributed by atoms with Crippen LogP contribution in [0.1, 0.15) is 24.2 Å². The van der Waals surface area contributed by atoms with Gasteiger partial charge >= 0.3 is 0 Å². The van der Waals surface area contributed by atoms with E-state index in [-0.39, 0.29) is 36.4 Å². The predicted octanol–water partition coefficient (Wildman–Crippen LogP) is 3.25. The normalized spacial score (nSPS) is 23.7. The number of nitrogens with two attached hydrogens (primary N) is 1. The topological polar surface area (TPSA) is 86.4 Å². The summed E-state index contributed by atoms with van der Waals surface area (Å²) in [6.07, 6.45) is -1.09. The van der Waals surface area contributed by atoms with Gasteiger partial charge in [0.2, 0.25) is 0 Å². The molecule has 26 heavy (non-hydrogen) atoms. The van der Waals surface area contributed by atoms with Crippen LogP contribution in [0.4, 0.5) is 8.78 Å². The lowest BCUT2D eigenvalue weighted by atomic mass is 9.84. The lowest BCUT2D eigenvalue weighted by Crippen LogP contribution is -2.58. The Morgan fingerprint density at radius 1 is 1.46 bits per heavy atom. The second-order valence-electron chi connectivity index (χ2n) is 6.89. The van der Waals surface area contributed by atoms with E-state index in [2.05, 4.69) is 0 Å². The molecule has 1 aliphatic rings. The molecule has 0 bridgehead atoms. The zero-order valence-corrected chi connectivity index (χ0v) is 14.5. The molecule has 0 amide bonds. The number of hydrogen-bond donors (Lipinski definition) is 2. The molecule has 0 saturated carbocycles. The van der Waals surface area contributed by atoms with Crippen molar-refractivity contribution >= 4 is 0 Å². The highest BCUT2D eigenvalue weighted by Gasteiger charge is 2.40. The first-order valence-electron chi connectivity index (χ1n) is 8.43. The number of nitriles is 1. The molecule has 0 radical (unpaired) electrons. The Morgan fingerprint density at radius 2 is 2.23 bits per heavy atom. The zero-order chi connectivity index (χ0) is 18.9. The summed E-state index contributed by atoms with van der Waals surface area (Å²) in [5.41, 5.74) is 5.36. The zero-order valence-electron chi connectivity index (χ0n) is 14.5. The van der Waals surface area contributed by atoms with Gasteiger partial charge in [0.25, 0.3) is 0 Å². The van der Waals surface area contributed by atoms with Crippen LogP contribution in [0.15, 0.2) is 28.7 Å². The van der Waals surface area contributed by atoms with Crippen molar-refractivity contribution in [3.63, 3.8) is 0 Å². The number of aromatic hydroxyl groups is 1. The fourth-order valence-corrected chi connectivity index (χ4v) is 3.26. The van der Waals surface area contributed by atoms with E-state index in [1.807, 2.05) is 6.07 Å². The van der Waals surface area contributed by atoms with Crippen molar-refractivity contribution in [2.45, 2.75) is 38.0 Å². The number of furan rings is 1. The number of piperidine rings is 1. The lowest BCUT2D eigenvalue weighted by Gasteiger charge is -2.40. The molecule has 2 aromatic rings. The Hall–Kier alpha value is -2.43. The maximum atomic E-state index is 14.5. The van der Waals surface area contributed by atoms with Crippen molar-refractivity contribution in [3.8, 4) is 23.1 Å². The molecular weight excluding hydrogens is 340 g/mol. The summed E-state index contributed by atoms with van der Waals surface area (Å²) in [5, 5.41) is 19.0. The average Bonchev–Trinajstić information content (AvgIpc) is 3.01. The van der Waals surface area contributed by atoms with Gasteiger partial charge in [-0.15, -0.1) is 0 Å². The van der Waals surface area contributed by atoms with Crippen LogP contribution in [0.5, 0.6) is 5.75 Å². The summed E-state index contributed by atoms with van der Waals surface area (Å²) in [6.45, 7) is 2.40. The highest BCUT2D eigenvalue weighted by atomic mass is 19.1. The molecule has 0 aliphatic carbocycles. The molecule has 1 saturated heterocycles. The molecule has 1 aromatic heterocycles. The third kappa shape index (κ3) is 3.57. The molecule has 1 aromatic carbocycles. The summed E-state index contributed by atoms with van der Waals surface area (Å²) in [6, 6.07) is 7.89. The van der Waals surface area contributed by atoms with E-state index in [0.717, 1.165) is 0 Å². The predicted molar refractivity (Wildman–Crippen MR) is 92.4 cm³/mol. The van der Waals surface area contributed by atoms with E-state index in [1.165, 1.54) is 12.1 Å². The van der Waals surface area contributed by atoms with Crippen molar-refractivity contribution in [1.82, 2.24) is 4.90 Å². The number of phenolic OH excluding ortho intramolecular Hbond substituents is 1. The van der Waals surface area contributed by atoms with Gasteiger partial charge in [-0.1, -0.05) is 0 Å². The van der Waals surface area contributed by atoms with Crippen LogP contribution < -0.4 is 5.73 Å². The monoisotopic (exact) mass is 361 g/mol. The summed E-state index contributed by atoms with van der Waals surface area (Å²) < 4.78 is 34.3. The number of likely N-dealkylation sites (tertiary alicyclic amines) is 1. The van der Waals surface area contributed by atoms with E-state index in [0.29, 0.717) is 24.5 Å². The first kappa shape index (κ1) is 18.4. The molecule has 7 heteroatoms. The number of rotatable bonds is 4. The number of phenols is 1. The molecular formula is C19H21F2N3O2. The molecule has 3 N–H and O–H groups in total. The highest BCUT2D eigenvalue weighted by molar-refractivity contribution is 5.66. The fourth-order valence-electron chi connectivity index (χ4n) is 3.26. The number of nitrogens with zero attached hydrogens (tertiary/aromatic N) is 2. The molecule has 0 spiro atoms. The second kappa shape index (κ2) is 7.06. The van der Waals surface area contributed by atoms with E-state index in [1.54, 1.807) is 24.0 Å². The van der Waals surface area contributed by atoms with Gasteiger partial charge in [0.15, 0.2) is 0 Å². The highest BCUT2D eigenvalue weighted by Crippen LogP contribution is 2.34. The Bertz CT molecular complexity index is 846. The maximum Gasteiger partial charge on any atom is 0.138 e. The number of halogens is 2. The summed E-state index contributed by atoms with van der Waals surface area (Å²) in [7, 11) is 0. The smallest absolute Gasteiger partial charge is 0.138 e. The van der Waals surface area contributed by atoms with Crippen molar-refractivity contribution < 1.29 is 18.3 Å². The summed E-state index contributed by atoms with van der Waals surface area (Å²) >= 11 is 0. The Labute approximate surface area is 150 Å². The fraction of sp³-hybridized carbons (Fsp3) is 0.421. The van der Waals surface area contributed by atoms with Crippen molar-refractivity contribution in [1.29, 1.82) is 5.26 Å². The molecule has 2 heterocycles. The van der Waals surface area contributed by atoms with Gasteiger partial charge in [-0.05, 0) is 37.6 Å². The molecule has 5 nitrogen and oxygen atoms in total. The quantitative estimate of drug-likeness (QED) is 0.873. The van der Waals surface area contributed by atoms with Crippen LogP contribution in [-0.4, -0.2) is 34.8 Å². The lowest BCUT2D eigenvalue weighted by molar-refractivity contribution is 0.0604. The maximum absolute atomic E-state index is 14.5. The van der Waals surface area contributed by atoms with E-state index >= 15 is 0 Å². The van der Waals surface area contributed by atoms with E-state index < -0.39 is 17.5 Å². The first-order chi connectivity index (χ1) is 12.3. The third-order valence-corrected chi connectivity index (χ3v) is 4.91. The van der Waals surface area contributed by atoms with Crippen LogP contribution in [0.2, 0.25) is 0 Å². The van der Waals surface area contributed by atoms with Crippen LogP contribution >= 0.6 is 0 Å². The Morgan fingerprint density at radius 3 is 2.85 bits per heavy atom. The minimum absolute atomic E-state index is 0.0253. The van der Waals surface area contributed by atoms with Gasteiger partial charge in [0.1, 0.15) is 29.3 Å².